The highest BCUT2D eigenvalue weighted by Crippen LogP contribution is 2.29. The van der Waals surface area contributed by atoms with Gasteiger partial charge in [0.05, 0.1) is 30.2 Å². The molecule has 1 aliphatic rings. The predicted molar refractivity (Wildman–Crippen MR) is 122 cm³/mol. The van der Waals surface area contributed by atoms with Crippen LogP contribution in [0.4, 0.5) is 14.7 Å². The molecule has 3 aromatic rings. The Kier molecular flexibility index (Phi) is 7.24. The van der Waals surface area contributed by atoms with E-state index in [0.717, 1.165) is 16.8 Å². The minimum atomic E-state index is -3.01. The molecule has 4 rings (SSSR count). The van der Waals surface area contributed by atoms with Crippen molar-refractivity contribution in [2.45, 2.75) is 25.6 Å². The molecule has 1 aliphatic heterocycles. The van der Waals surface area contributed by atoms with Gasteiger partial charge < -0.3 is 14.4 Å². The number of ether oxygens (including phenoxy) is 2. The molecule has 1 fully saturated rings. The molecule has 0 spiro atoms. The van der Waals surface area contributed by atoms with Crippen molar-refractivity contribution < 1.29 is 23.0 Å². The topological polar surface area (TPSA) is 69.5 Å². The maximum atomic E-state index is 12.9. The number of nitrogens with zero attached hydrogens (tertiary/aromatic N) is 4. The predicted octanol–water partition coefficient (Wildman–Crippen LogP) is 4.30. The first-order valence-electron chi connectivity index (χ1n) is 10.5. The summed E-state index contributed by atoms with van der Waals surface area (Å²) in [7, 11) is 0. The number of aryl methyl sites for hydroxylation is 2. The Balaban J connectivity index is 1.61. The average molecular weight is 475 g/mol. The lowest BCUT2D eigenvalue weighted by Crippen LogP contribution is -2.37. The maximum Gasteiger partial charge on any atom is 0.387 e. The van der Waals surface area contributed by atoms with E-state index >= 15 is 0 Å². The highest BCUT2D eigenvalue weighted by Gasteiger charge is 2.23. The fraction of sp³-hybridized carbons (Fsp3) is 0.348. The Morgan fingerprint density at radius 1 is 1.09 bits per heavy atom. The first-order chi connectivity index (χ1) is 15.9. The van der Waals surface area contributed by atoms with Gasteiger partial charge in [-0.3, -0.25) is 9.36 Å². The van der Waals surface area contributed by atoms with Gasteiger partial charge in [-0.25, -0.2) is 0 Å². The lowest BCUT2D eigenvalue weighted by atomic mass is 10.1. The average Bonchev–Trinajstić information content (AvgIpc) is 3.23. The van der Waals surface area contributed by atoms with Crippen molar-refractivity contribution in [1.82, 2.24) is 14.8 Å². The largest absolute Gasteiger partial charge is 0.434 e. The molecule has 10 heteroatoms. The maximum absolute atomic E-state index is 12.9. The van der Waals surface area contributed by atoms with Gasteiger partial charge in [-0.1, -0.05) is 41.1 Å². The van der Waals surface area contributed by atoms with Gasteiger partial charge in [-0.05, 0) is 38.1 Å². The number of aromatic nitrogens is 3. The van der Waals surface area contributed by atoms with Crippen LogP contribution in [-0.2, 0) is 4.74 Å². The smallest absolute Gasteiger partial charge is 0.387 e. The number of ketones is 1. The molecule has 0 N–H and O–H groups in total. The molecule has 0 radical (unpaired) electrons. The first kappa shape index (κ1) is 23.2. The summed E-state index contributed by atoms with van der Waals surface area (Å²) in [6.07, 6.45) is 0. The molecule has 0 unspecified atom stereocenters. The molecule has 2 aromatic carbocycles. The number of hydrogen-bond acceptors (Lipinski definition) is 7. The van der Waals surface area contributed by atoms with Crippen LogP contribution in [0.3, 0.4) is 0 Å². The van der Waals surface area contributed by atoms with Crippen LogP contribution < -0.4 is 9.64 Å². The lowest BCUT2D eigenvalue weighted by Gasteiger charge is -2.28. The standard InChI is InChI=1S/C23H24F2N4O3S/c1-15-3-6-17(7-4-15)29-22(28-9-11-31-12-10-28)26-27-23(29)33-14-19(30)18-13-16(2)5-8-20(18)32-21(24)25/h3-8,13,21H,9-12,14H2,1-2H3. The Morgan fingerprint density at radius 2 is 1.79 bits per heavy atom. The Morgan fingerprint density at radius 3 is 2.48 bits per heavy atom. The molecule has 0 saturated carbocycles. The highest BCUT2D eigenvalue weighted by molar-refractivity contribution is 7.99. The second-order valence-corrected chi connectivity index (χ2v) is 8.59. The number of anilines is 1. The molecule has 0 amide bonds. The lowest BCUT2D eigenvalue weighted by molar-refractivity contribution is -0.0501. The van der Waals surface area contributed by atoms with Gasteiger partial charge in [0.1, 0.15) is 5.75 Å². The van der Waals surface area contributed by atoms with E-state index in [1.807, 2.05) is 35.8 Å². The first-order valence-corrected chi connectivity index (χ1v) is 11.5. The van der Waals surface area contributed by atoms with E-state index in [1.54, 1.807) is 19.1 Å². The Hall–Kier alpha value is -2.98. The van der Waals surface area contributed by atoms with Crippen LogP contribution >= 0.6 is 11.8 Å². The highest BCUT2D eigenvalue weighted by atomic mass is 32.2. The zero-order valence-corrected chi connectivity index (χ0v) is 19.1. The summed E-state index contributed by atoms with van der Waals surface area (Å²) in [6.45, 7) is 3.36. The second-order valence-electron chi connectivity index (χ2n) is 7.64. The number of hydrogen-bond donors (Lipinski definition) is 0. The van der Waals surface area contributed by atoms with E-state index in [0.29, 0.717) is 37.4 Å². The summed E-state index contributed by atoms with van der Waals surface area (Å²) in [6, 6.07) is 12.5. The van der Waals surface area contributed by atoms with E-state index in [2.05, 4.69) is 19.8 Å². The monoisotopic (exact) mass is 474 g/mol. The summed E-state index contributed by atoms with van der Waals surface area (Å²) >= 11 is 1.21. The van der Waals surface area contributed by atoms with E-state index < -0.39 is 6.61 Å². The van der Waals surface area contributed by atoms with Crippen molar-refractivity contribution in [1.29, 1.82) is 0 Å². The summed E-state index contributed by atoms with van der Waals surface area (Å²) in [5.41, 5.74) is 2.90. The van der Waals surface area contributed by atoms with Crippen molar-refractivity contribution in [2.75, 3.05) is 37.0 Å². The zero-order chi connectivity index (χ0) is 23.4. The molecule has 2 heterocycles. The molecule has 7 nitrogen and oxygen atoms in total. The number of morpholine rings is 1. The minimum absolute atomic E-state index is 0.00381. The van der Waals surface area contributed by atoms with E-state index in [-0.39, 0.29) is 22.8 Å². The fourth-order valence-corrected chi connectivity index (χ4v) is 4.34. The SMILES string of the molecule is Cc1ccc(-n2c(SCC(=O)c3cc(C)ccc3OC(F)F)nnc2N2CCOCC2)cc1. The van der Waals surface area contributed by atoms with Crippen LogP contribution in [0.2, 0.25) is 0 Å². The van der Waals surface area contributed by atoms with E-state index in [1.165, 1.54) is 17.8 Å². The number of alkyl halides is 2. The van der Waals surface area contributed by atoms with Crippen LogP contribution in [0.5, 0.6) is 5.75 Å². The molecule has 1 saturated heterocycles. The van der Waals surface area contributed by atoms with Crippen LogP contribution in [0, 0.1) is 13.8 Å². The van der Waals surface area contributed by atoms with Crippen LogP contribution in [0.1, 0.15) is 21.5 Å². The van der Waals surface area contributed by atoms with Crippen molar-refractivity contribution >= 4 is 23.5 Å². The molecular weight excluding hydrogens is 450 g/mol. The third kappa shape index (κ3) is 5.51. The number of thioether (sulfide) groups is 1. The molecular formula is C23H24F2N4O3S. The summed E-state index contributed by atoms with van der Waals surface area (Å²) < 4.78 is 37.5. The number of carbonyl (C=O) groups is 1. The summed E-state index contributed by atoms with van der Waals surface area (Å²) in [4.78, 5) is 15.0. The number of rotatable bonds is 8. The van der Waals surface area contributed by atoms with Gasteiger partial charge in [0.2, 0.25) is 5.95 Å². The third-order valence-corrected chi connectivity index (χ3v) is 6.12. The number of carbonyl (C=O) groups excluding carboxylic acids is 1. The van der Waals surface area contributed by atoms with Crippen molar-refractivity contribution in [3.05, 3.63) is 59.2 Å². The van der Waals surface area contributed by atoms with Crippen molar-refractivity contribution in [2.24, 2.45) is 0 Å². The van der Waals surface area contributed by atoms with Crippen LogP contribution in [0.15, 0.2) is 47.6 Å². The Bertz CT molecular complexity index is 1120. The number of benzene rings is 2. The summed E-state index contributed by atoms with van der Waals surface area (Å²) in [5, 5.41) is 9.26. The third-order valence-electron chi connectivity index (χ3n) is 5.19. The number of Topliss-reactive ketones (excluding diaryl/α,β-unsaturated/α-hetero) is 1. The minimum Gasteiger partial charge on any atom is -0.434 e. The molecule has 0 bridgehead atoms. The van der Waals surface area contributed by atoms with Gasteiger partial charge in [-0.2, -0.15) is 8.78 Å². The second kappa shape index (κ2) is 10.3. The molecule has 1 aromatic heterocycles. The van der Waals surface area contributed by atoms with Gasteiger partial charge in [0.25, 0.3) is 0 Å². The number of halogens is 2. The van der Waals surface area contributed by atoms with Gasteiger partial charge in [0.15, 0.2) is 10.9 Å². The van der Waals surface area contributed by atoms with Crippen LogP contribution in [0.25, 0.3) is 5.69 Å². The van der Waals surface area contributed by atoms with Gasteiger partial charge in [0, 0.05) is 13.1 Å². The van der Waals surface area contributed by atoms with E-state index in [4.69, 9.17) is 4.74 Å². The van der Waals surface area contributed by atoms with Gasteiger partial charge in [-0.15, -0.1) is 10.2 Å². The van der Waals surface area contributed by atoms with Crippen molar-refractivity contribution in [3.63, 3.8) is 0 Å². The summed E-state index contributed by atoms with van der Waals surface area (Å²) in [5.74, 6) is 0.214. The molecule has 33 heavy (non-hydrogen) atoms. The van der Waals surface area contributed by atoms with Crippen molar-refractivity contribution in [3.8, 4) is 11.4 Å². The molecule has 0 atom stereocenters. The van der Waals surface area contributed by atoms with Gasteiger partial charge >= 0.3 is 6.61 Å². The zero-order valence-electron chi connectivity index (χ0n) is 18.3. The van der Waals surface area contributed by atoms with Crippen LogP contribution in [-0.4, -0.2) is 59.2 Å². The Labute approximate surface area is 194 Å². The molecule has 0 aliphatic carbocycles. The molecule has 174 valence electrons. The quantitative estimate of drug-likeness (QED) is 0.356. The van der Waals surface area contributed by atoms with E-state index in [9.17, 15) is 13.6 Å². The fourth-order valence-electron chi connectivity index (χ4n) is 3.51. The normalized spacial score (nSPS) is 14.0.